The first kappa shape index (κ1) is 19.4. The summed E-state index contributed by atoms with van der Waals surface area (Å²) >= 11 is 0. The van der Waals surface area contributed by atoms with Crippen LogP contribution in [0.3, 0.4) is 0 Å². The number of hydrogen-bond donors (Lipinski definition) is 1. The highest BCUT2D eigenvalue weighted by Gasteiger charge is 2.54. The molecule has 3 atom stereocenters. The zero-order valence-corrected chi connectivity index (χ0v) is 16.8. The number of pyridine rings is 2. The van der Waals surface area contributed by atoms with Crippen molar-refractivity contribution < 1.29 is 14.7 Å². The summed E-state index contributed by atoms with van der Waals surface area (Å²) in [4.78, 5) is 37.2. The molecule has 7 heteroatoms. The second-order valence-corrected chi connectivity index (χ2v) is 7.94. The van der Waals surface area contributed by atoms with Gasteiger partial charge in [-0.25, -0.2) is 0 Å². The molecule has 4 heterocycles. The van der Waals surface area contributed by atoms with Crippen LogP contribution in [-0.2, 0) is 4.79 Å². The Morgan fingerprint density at radius 1 is 1.00 bits per heavy atom. The predicted molar refractivity (Wildman–Crippen MR) is 114 cm³/mol. The number of rotatable bonds is 4. The fraction of sp³-hybridized carbons (Fsp3) is 0.250. The molecule has 31 heavy (non-hydrogen) atoms. The maximum atomic E-state index is 12.9. The van der Waals surface area contributed by atoms with Gasteiger partial charge in [0.1, 0.15) is 6.54 Å². The molecular formula is C24H22N4O3. The van der Waals surface area contributed by atoms with Gasteiger partial charge in [0.2, 0.25) is 5.91 Å². The average molecular weight is 414 g/mol. The number of fused-ring (bicyclic) bond motifs is 1. The summed E-state index contributed by atoms with van der Waals surface area (Å²) in [5, 5.41) is 9.97. The molecule has 2 aliphatic rings. The van der Waals surface area contributed by atoms with Gasteiger partial charge in [-0.05, 0) is 34.9 Å². The minimum atomic E-state index is -0.266. The van der Waals surface area contributed by atoms with Crippen molar-refractivity contribution >= 4 is 11.8 Å². The van der Waals surface area contributed by atoms with Crippen LogP contribution in [0.25, 0.3) is 11.1 Å². The highest BCUT2D eigenvalue weighted by Crippen LogP contribution is 2.43. The van der Waals surface area contributed by atoms with Gasteiger partial charge in [-0.2, -0.15) is 0 Å². The Morgan fingerprint density at radius 2 is 1.74 bits per heavy atom. The Labute approximate surface area is 180 Å². The lowest BCUT2D eigenvalue weighted by Crippen LogP contribution is -2.73. The fourth-order valence-corrected chi connectivity index (χ4v) is 4.76. The van der Waals surface area contributed by atoms with Gasteiger partial charge >= 0.3 is 0 Å². The molecule has 3 aromatic rings. The van der Waals surface area contributed by atoms with E-state index in [2.05, 4.69) is 9.97 Å². The Bertz CT molecular complexity index is 1090. The summed E-state index contributed by atoms with van der Waals surface area (Å²) < 4.78 is 0. The quantitative estimate of drug-likeness (QED) is 0.705. The summed E-state index contributed by atoms with van der Waals surface area (Å²) in [7, 11) is 0. The number of carbonyl (C=O) groups is 2. The normalized spacial score (nSPS) is 22.6. The highest BCUT2D eigenvalue weighted by atomic mass is 16.3. The van der Waals surface area contributed by atoms with Gasteiger partial charge in [0.25, 0.3) is 5.91 Å². The van der Waals surface area contributed by atoms with Crippen LogP contribution in [0.1, 0.15) is 21.8 Å². The van der Waals surface area contributed by atoms with Crippen molar-refractivity contribution in [3.05, 3.63) is 84.4 Å². The fourth-order valence-electron chi connectivity index (χ4n) is 4.76. The lowest BCUT2D eigenvalue weighted by atomic mass is 9.73. The standard InChI is InChI=1S/C24H22N4O3/c29-15-21-23(17-7-5-16(6-8-17)18-3-1-9-25-11-18)20-13-27(14-22(30)28(20)21)24(31)19-4-2-10-26-12-19/h1-12,20-21,23,29H,13-15H2/t20-,21+,23+/m1/s1. The molecule has 1 aromatic carbocycles. The molecule has 0 bridgehead atoms. The van der Waals surface area contributed by atoms with E-state index in [0.29, 0.717) is 12.1 Å². The molecule has 0 spiro atoms. The summed E-state index contributed by atoms with van der Waals surface area (Å²) in [5.74, 6) is -0.351. The molecule has 0 aliphatic carbocycles. The molecule has 0 saturated carbocycles. The van der Waals surface area contributed by atoms with Crippen molar-refractivity contribution in [3.8, 4) is 11.1 Å². The number of benzene rings is 1. The van der Waals surface area contributed by atoms with Crippen LogP contribution in [0, 0.1) is 0 Å². The van der Waals surface area contributed by atoms with E-state index in [4.69, 9.17) is 0 Å². The van der Waals surface area contributed by atoms with E-state index >= 15 is 0 Å². The molecule has 1 N–H and O–H groups in total. The van der Waals surface area contributed by atoms with E-state index < -0.39 is 0 Å². The topological polar surface area (TPSA) is 86.6 Å². The molecule has 2 saturated heterocycles. The second-order valence-electron chi connectivity index (χ2n) is 7.94. The molecule has 2 amide bonds. The first-order chi connectivity index (χ1) is 15.2. The summed E-state index contributed by atoms with van der Waals surface area (Å²) in [6.45, 7) is 0.353. The van der Waals surface area contributed by atoms with Gasteiger partial charge < -0.3 is 14.9 Å². The Kier molecular flexibility index (Phi) is 4.95. The lowest BCUT2D eigenvalue weighted by Gasteiger charge is -2.58. The minimum Gasteiger partial charge on any atom is -0.394 e. The third kappa shape index (κ3) is 3.37. The van der Waals surface area contributed by atoms with E-state index in [-0.39, 0.29) is 43.0 Å². The first-order valence-electron chi connectivity index (χ1n) is 10.3. The van der Waals surface area contributed by atoms with E-state index in [1.807, 2.05) is 42.6 Å². The number of aliphatic hydroxyl groups is 1. The lowest BCUT2D eigenvalue weighted by molar-refractivity contribution is -0.159. The van der Waals surface area contributed by atoms with Crippen molar-refractivity contribution in [2.24, 2.45) is 0 Å². The van der Waals surface area contributed by atoms with Crippen LogP contribution in [-0.4, -0.2) is 68.5 Å². The molecule has 2 aromatic heterocycles. The number of nitrogens with zero attached hydrogens (tertiary/aromatic N) is 4. The molecule has 156 valence electrons. The van der Waals surface area contributed by atoms with E-state index in [9.17, 15) is 14.7 Å². The van der Waals surface area contributed by atoms with Gasteiger partial charge in [0.05, 0.1) is 24.3 Å². The number of aromatic nitrogens is 2. The SMILES string of the molecule is O=C(c1cccnc1)N1CC(=O)N2[C@H](C1)[C@H](c1ccc(-c3cccnc3)cc1)[C@@H]2CO. The van der Waals surface area contributed by atoms with Crippen molar-refractivity contribution in [2.75, 3.05) is 19.7 Å². The third-order valence-corrected chi connectivity index (χ3v) is 6.24. The molecule has 0 unspecified atom stereocenters. The van der Waals surface area contributed by atoms with E-state index in [1.54, 1.807) is 34.3 Å². The molecule has 2 fully saturated rings. The minimum absolute atomic E-state index is 0.0212. The number of piperazine rings is 1. The smallest absolute Gasteiger partial charge is 0.255 e. The zero-order chi connectivity index (χ0) is 21.4. The third-order valence-electron chi connectivity index (χ3n) is 6.24. The number of amides is 2. The molecule has 0 radical (unpaired) electrons. The van der Waals surface area contributed by atoms with Crippen molar-refractivity contribution in [3.63, 3.8) is 0 Å². The van der Waals surface area contributed by atoms with E-state index in [1.165, 1.54) is 6.20 Å². The molecule has 2 aliphatic heterocycles. The highest BCUT2D eigenvalue weighted by molar-refractivity contribution is 5.97. The van der Waals surface area contributed by atoms with Crippen LogP contribution in [0.15, 0.2) is 73.3 Å². The zero-order valence-electron chi connectivity index (χ0n) is 16.8. The average Bonchev–Trinajstić information content (AvgIpc) is 2.81. The van der Waals surface area contributed by atoms with Crippen LogP contribution >= 0.6 is 0 Å². The van der Waals surface area contributed by atoms with Gasteiger partial charge in [0.15, 0.2) is 0 Å². The van der Waals surface area contributed by atoms with Crippen LogP contribution in [0.5, 0.6) is 0 Å². The number of carbonyl (C=O) groups excluding carboxylic acids is 2. The van der Waals surface area contributed by atoms with Gasteiger partial charge in [0, 0.05) is 37.3 Å². The van der Waals surface area contributed by atoms with Crippen LogP contribution < -0.4 is 0 Å². The number of hydrogen-bond acceptors (Lipinski definition) is 5. The Morgan fingerprint density at radius 3 is 2.39 bits per heavy atom. The largest absolute Gasteiger partial charge is 0.394 e. The van der Waals surface area contributed by atoms with Crippen LogP contribution in [0.4, 0.5) is 0 Å². The van der Waals surface area contributed by atoms with Crippen molar-refractivity contribution in [2.45, 2.75) is 18.0 Å². The Balaban J connectivity index is 1.39. The summed E-state index contributed by atoms with van der Waals surface area (Å²) in [5.41, 5.74) is 3.61. The van der Waals surface area contributed by atoms with Crippen molar-refractivity contribution in [1.29, 1.82) is 0 Å². The van der Waals surface area contributed by atoms with Crippen LogP contribution in [0.2, 0.25) is 0 Å². The van der Waals surface area contributed by atoms with Gasteiger partial charge in [-0.3, -0.25) is 19.6 Å². The summed E-state index contributed by atoms with van der Waals surface area (Å²) in [6, 6.07) is 15.1. The molecular weight excluding hydrogens is 392 g/mol. The molecule has 5 rings (SSSR count). The maximum Gasteiger partial charge on any atom is 0.255 e. The van der Waals surface area contributed by atoms with Gasteiger partial charge in [-0.1, -0.05) is 30.3 Å². The van der Waals surface area contributed by atoms with Gasteiger partial charge in [-0.15, -0.1) is 0 Å². The summed E-state index contributed by atoms with van der Waals surface area (Å²) in [6.07, 6.45) is 6.69. The first-order valence-corrected chi connectivity index (χ1v) is 10.3. The van der Waals surface area contributed by atoms with E-state index in [0.717, 1.165) is 16.7 Å². The maximum absolute atomic E-state index is 12.9. The predicted octanol–water partition coefficient (Wildman–Crippen LogP) is 1.95. The molecule has 7 nitrogen and oxygen atoms in total. The Hall–Kier alpha value is -3.58. The second kappa shape index (κ2) is 7.92. The number of aliphatic hydroxyl groups excluding tert-OH is 1. The monoisotopic (exact) mass is 414 g/mol. The van der Waals surface area contributed by atoms with Crippen molar-refractivity contribution in [1.82, 2.24) is 19.8 Å².